The first-order valence-electron chi connectivity index (χ1n) is 9.66. The van der Waals surface area contributed by atoms with Crippen LogP contribution in [0.4, 0.5) is 13.2 Å². The van der Waals surface area contributed by atoms with Gasteiger partial charge in [-0.3, -0.25) is 0 Å². The van der Waals surface area contributed by atoms with Crippen molar-refractivity contribution in [2.75, 3.05) is 20.2 Å². The molecule has 0 bridgehead atoms. The number of alkyl halides is 3. The first-order chi connectivity index (χ1) is 14.6. The van der Waals surface area contributed by atoms with Crippen LogP contribution in [0.1, 0.15) is 35.4 Å². The van der Waals surface area contributed by atoms with E-state index in [0.717, 1.165) is 36.0 Å². The third-order valence-electron chi connectivity index (χ3n) is 5.67. The van der Waals surface area contributed by atoms with E-state index in [-0.39, 0.29) is 23.9 Å². The number of aryl methyl sites for hydroxylation is 1. The fourth-order valence-electron chi connectivity index (χ4n) is 4.03. The molecule has 1 aromatic carbocycles. The van der Waals surface area contributed by atoms with Crippen molar-refractivity contribution < 1.29 is 26.3 Å². The van der Waals surface area contributed by atoms with E-state index in [1.165, 1.54) is 10.6 Å². The van der Waals surface area contributed by atoms with Gasteiger partial charge in [0.25, 0.3) is 0 Å². The van der Waals surface area contributed by atoms with Gasteiger partial charge in [0.2, 0.25) is 10.0 Å². The van der Waals surface area contributed by atoms with Crippen LogP contribution in [-0.4, -0.2) is 47.5 Å². The molecule has 0 spiro atoms. The van der Waals surface area contributed by atoms with Gasteiger partial charge in [0.05, 0.1) is 17.6 Å². The summed E-state index contributed by atoms with van der Waals surface area (Å²) in [6.45, 7) is 2.41. The monoisotopic (exact) mass is 454 g/mol. The molecule has 1 fully saturated rings. The number of piperidine rings is 1. The van der Waals surface area contributed by atoms with Crippen LogP contribution in [0.2, 0.25) is 0 Å². The van der Waals surface area contributed by atoms with Crippen LogP contribution in [0.3, 0.4) is 0 Å². The van der Waals surface area contributed by atoms with Crippen LogP contribution >= 0.6 is 0 Å². The predicted molar refractivity (Wildman–Crippen MR) is 106 cm³/mol. The molecule has 7 nitrogen and oxygen atoms in total. The van der Waals surface area contributed by atoms with Crippen molar-refractivity contribution in [2.45, 2.75) is 36.8 Å². The molecule has 2 aromatic heterocycles. The van der Waals surface area contributed by atoms with E-state index in [1.807, 2.05) is 19.2 Å². The molecule has 0 radical (unpaired) electrons. The zero-order valence-corrected chi connectivity index (χ0v) is 17.7. The number of fused-ring (bicyclic) bond motifs is 1. The topological polar surface area (TPSA) is 76.8 Å². The quantitative estimate of drug-likeness (QED) is 0.602. The molecule has 1 aliphatic rings. The number of sulfonamides is 1. The molecular formula is C20H21F3N4O3S. The molecule has 0 atom stereocenters. The average Bonchev–Trinajstić information content (AvgIpc) is 3.19. The summed E-state index contributed by atoms with van der Waals surface area (Å²) in [5.74, 6) is -0.286. The number of methoxy groups -OCH3 is 1. The van der Waals surface area contributed by atoms with Gasteiger partial charge in [0, 0.05) is 19.3 Å². The van der Waals surface area contributed by atoms with Gasteiger partial charge in [0.1, 0.15) is 12.1 Å². The van der Waals surface area contributed by atoms with Crippen molar-refractivity contribution in [3.63, 3.8) is 0 Å². The summed E-state index contributed by atoms with van der Waals surface area (Å²) in [6.07, 6.45) is -0.226. The fraction of sp³-hybridized carbons (Fsp3) is 0.400. The second-order valence-corrected chi connectivity index (χ2v) is 9.45. The van der Waals surface area contributed by atoms with Crippen LogP contribution in [-0.2, 0) is 16.2 Å². The standard InChI is InChI=1S/C20H21F3N4O3S/c1-13-9-19-24-12-25-27(19)11-16(13)14-5-7-26(8-6-14)31(28,29)15-3-4-18(30-2)17(10-15)20(21,22)23/h3-4,9-12,14H,5-8H2,1-2H3. The van der Waals surface area contributed by atoms with Crippen molar-refractivity contribution in [3.05, 3.63) is 53.5 Å². The summed E-state index contributed by atoms with van der Waals surface area (Å²) in [5.41, 5.74) is 1.74. The van der Waals surface area contributed by atoms with E-state index in [2.05, 4.69) is 10.1 Å². The maximum absolute atomic E-state index is 13.3. The lowest BCUT2D eigenvalue weighted by atomic mass is 9.89. The highest BCUT2D eigenvalue weighted by Crippen LogP contribution is 2.39. The van der Waals surface area contributed by atoms with E-state index in [4.69, 9.17) is 4.74 Å². The normalized spacial score (nSPS) is 16.7. The van der Waals surface area contributed by atoms with Crippen LogP contribution in [0.5, 0.6) is 5.75 Å². The molecule has 3 aromatic rings. The van der Waals surface area contributed by atoms with Gasteiger partial charge in [-0.05, 0) is 61.1 Å². The zero-order valence-electron chi connectivity index (χ0n) is 16.9. The van der Waals surface area contributed by atoms with Crippen molar-refractivity contribution >= 4 is 15.7 Å². The van der Waals surface area contributed by atoms with E-state index in [1.54, 1.807) is 4.52 Å². The highest BCUT2D eigenvalue weighted by atomic mass is 32.2. The molecule has 3 heterocycles. The second kappa shape index (κ2) is 7.79. The second-order valence-electron chi connectivity index (χ2n) is 7.51. The Morgan fingerprint density at radius 3 is 2.52 bits per heavy atom. The number of aromatic nitrogens is 3. The third kappa shape index (κ3) is 3.99. The SMILES string of the molecule is COc1ccc(S(=O)(=O)N2CCC(c3cn4ncnc4cc3C)CC2)cc1C(F)(F)F. The largest absolute Gasteiger partial charge is 0.496 e. The minimum Gasteiger partial charge on any atom is -0.496 e. The minimum atomic E-state index is -4.72. The van der Waals surface area contributed by atoms with Crippen LogP contribution in [0, 0.1) is 6.92 Å². The summed E-state index contributed by atoms with van der Waals surface area (Å²) in [7, 11) is -2.95. The highest BCUT2D eigenvalue weighted by molar-refractivity contribution is 7.89. The molecule has 31 heavy (non-hydrogen) atoms. The summed E-state index contributed by atoms with van der Waals surface area (Å²) >= 11 is 0. The third-order valence-corrected chi connectivity index (χ3v) is 7.57. The van der Waals surface area contributed by atoms with Crippen LogP contribution in [0.15, 0.2) is 41.7 Å². The van der Waals surface area contributed by atoms with Crippen molar-refractivity contribution in [2.24, 2.45) is 0 Å². The Morgan fingerprint density at radius 2 is 1.87 bits per heavy atom. The Balaban J connectivity index is 1.56. The lowest BCUT2D eigenvalue weighted by Gasteiger charge is -2.32. The Bertz CT molecular complexity index is 1220. The maximum Gasteiger partial charge on any atom is 0.420 e. The molecule has 1 aliphatic heterocycles. The first-order valence-corrected chi connectivity index (χ1v) is 11.1. The number of rotatable bonds is 4. The smallest absolute Gasteiger partial charge is 0.420 e. The molecule has 11 heteroatoms. The molecule has 0 unspecified atom stereocenters. The van der Waals surface area contributed by atoms with Gasteiger partial charge < -0.3 is 4.74 Å². The lowest BCUT2D eigenvalue weighted by Crippen LogP contribution is -2.38. The summed E-state index contributed by atoms with van der Waals surface area (Å²) in [4.78, 5) is 3.77. The Morgan fingerprint density at radius 1 is 1.16 bits per heavy atom. The number of pyridine rings is 1. The van der Waals surface area contributed by atoms with E-state index < -0.39 is 27.5 Å². The van der Waals surface area contributed by atoms with Gasteiger partial charge in [0.15, 0.2) is 5.65 Å². The predicted octanol–water partition coefficient (Wildman–Crippen LogP) is 3.63. The van der Waals surface area contributed by atoms with Crippen LogP contribution < -0.4 is 4.74 Å². The van der Waals surface area contributed by atoms with E-state index >= 15 is 0 Å². The molecule has 1 saturated heterocycles. The molecular weight excluding hydrogens is 433 g/mol. The molecule has 166 valence electrons. The number of hydrogen-bond donors (Lipinski definition) is 0. The van der Waals surface area contributed by atoms with Gasteiger partial charge in [-0.25, -0.2) is 17.9 Å². The minimum absolute atomic E-state index is 0.127. The number of benzene rings is 1. The molecule has 4 rings (SSSR count). The van der Waals surface area contributed by atoms with Gasteiger partial charge in [-0.1, -0.05) is 0 Å². The van der Waals surface area contributed by atoms with Crippen molar-refractivity contribution in [1.82, 2.24) is 18.9 Å². The Labute approximate surface area is 177 Å². The fourth-order valence-corrected chi connectivity index (χ4v) is 5.52. The lowest BCUT2D eigenvalue weighted by molar-refractivity contribution is -0.138. The molecule has 0 N–H and O–H groups in total. The average molecular weight is 454 g/mol. The van der Waals surface area contributed by atoms with Gasteiger partial charge in [-0.2, -0.15) is 22.6 Å². The highest BCUT2D eigenvalue weighted by Gasteiger charge is 2.37. The Kier molecular flexibility index (Phi) is 5.42. The van der Waals surface area contributed by atoms with Crippen molar-refractivity contribution in [1.29, 1.82) is 0 Å². The molecule has 0 saturated carbocycles. The summed E-state index contributed by atoms with van der Waals surface area (Å²) in [5, 5.41) is 4.15. The number of ether oxygens (including phenoxy) is 1. The zero-order chi connectivity index (χ0) is 22.4. The van der Waals surface area contributed by atoms with E-state index in [0.29, 0.717) is 18.9 Å². The molecule has 0 aliphatic carbocycles. The summed E-state index contributed by atoms with van der Waals surface area (Å²) < 4.78 is 73.6. The number of halogens is 3. The van der Waals surface area contributed by atoms with Gasteiger partial charge >= 0.3 is 6.18 Å². The maximum atomic E-state index is 13.3. The Hall–Kier alpha value is -2.66. The van der Waals surface area contributed by atoms with E-state index in [9.17, 15) is 21.6 Å². The number of nitrogens with zero attached hydrogens (tertiary/aromatic N) is 4. The molecule has 0 amide bonds. The van der Waals surface area contributed by atoms with Gasteiger partial charge in [-0.15, -0.1) is 0 Å². The number of hydrogen-bond acceptors (Lipinski definition) is 5. The van der Waals surface area contributed by atoms with Crippen molar-refractivity contribution in [3.8, 4) is 5.75 Å². The summed E-state index contributed by atoms with van der Waals surface area (Å²) in [6, 6.07) is 4.77. The first kappa shape index (κ1) is 21.6. The van der Waals surface area contributed by atoms with Crippen LogP contribution in [0.25, 0.3) is 5.65 Å².